The molecule has 0 aromatic rings. The molecule has 1 N–H and O–H groups in total. The Labute approximate surface area is 119 Å². The lowest BCUT2D eigenvalue weighted by atomic mass is 9.94. The van der Waals surface area contributed by atoms with Crippen molar-refractivity contribution < 1.29 is 19.1 Å². The Bertz CT molecular complexity index is 379. The van der Waals surface area contributed by atoms with Gasteiger partial charge >= 0.3 is 0 Å². The predicted molar refractivity (Wildman–Crippen MR) is 73.1 cm³/mol. The summed E-state index contributed by atoms with van der Waals surface area (Å²) in [7, 11) is 1.62. The molecule has 1 saturated heterocycles. The van der Waals surface area contributed by atoms with E-state index in [9.17, 15) is 9.59 Å². The molecular formula is C14H24N2O4. The molecule has 1 aliphatic carbocycles. The fourth-order valence-electron chi connectivity index (χ4n) is 2.48. The molecule has 0 spiro atoms. The summed E-state index contributed by atoms with van der Waals surface area (Å²) in [6.45, 7) is 5.44. The lowest BCUT2D eigenvalue weighted by molar-refractivity contribution is -0.156. The van der Waals surface area contributed by atoms with Crippen LogP contribution in [-0.4, -0.2) is 61.8 Å². The lowest BCUT2D eigenvalue weighted by Gasteiger charge is -2.44. The molecule has 114 valence electrons. The van der Waals surface area contributed by atoms with Gasteiger partial charge in [-0.15, -0.1) is 0 Å². The minimum absolute atomic E-state index is 0.0208. The first-order chi connectivity index (χ1) is 9.48. The van der Waals surface area contributed by atoms with Crippen LogP contribution >= 0.6 is 0 Å². The highest BCUT2D eigenvalue weighted by Gasteiger charge is 2.50. The van der Waals surface area contributed by atoms with Gasteiger partial charge in [-0.3, -0.25) is 9.59 Å². The molecule has 2 aliphatic rings. The van der Waals surface area contributed by atoms with Crippen molar-refractivity contribution in [2.24, 2.45) is 5.92 Å². The quantitative estimate of drug-likeness (QED) is 0.677. The number of hydrogen-bond acceptors (Lipinski definition) is 4. The zero-order valence-corrected chi connectivity index (χ0v) is 12.5. The normalized spacial score (nSPS) is 25.8. The van der Waals surface area contributed by atoms with E-state index >= 15 is 0 Å². The van der Waals surface area contributed by atoms with Crippen LogP contribution in [0.5, 0.6) is 0 Å². The summed E-state index contributed by atoms with van der Waals surface area (Å²) in [6, 6.07) is -0.338. The Morgan fingerprint density at radius 3 is 2.55 bits per heavy atom. The standard InChI is InChI=1S/C14H24N2O4/c1-14(2)13(18)15-11(10-4-5-10)12(17)16(14)6-7-20-9-8-19-3/h10-11H,4-9H2,1-3H3,(H,15,18). The number of nitrogens with one attached hydrogen (secondary N) is 1. The molecule has 1 unspecified atom stereocenters. The van der Waals surface area contributed by atoms with Crippen molar-refractivity contribution in [2.75, 3.05) is 33.5 Å². The minimum atomic E-state index is -0.812. The Hall–Kier alpha value is -1.14. The van der Waals surface area contributed by atoms with E-state index in [1.54, 1.807) is 25.9 Å². The Balaban J connectivity index is 1.94. The summed E-state index contributed by atoms with van der Waals surface area (Å²) >= 11 is 0. The monoisotopic (exact) mass is 284 g/mol. The first kappa shape index (κ1) is 15.3. The van der Waals surface area contributed by atoms with E-state index in [2.05, 4.69) is 5.32 Å². The van der Waals surface area contributed by atoms with Crippen molar-refractivity contribution in [3.05, 3.63) is 0 Å². The van der Waals surface area contributed by atoms with E-state index in [4.69, 9.17) is 9.47 Å². The zero-order valence-electron chi connectivity index (χ0n) is 12.5. The van der Waals surface area contributed by atoms with Crippen LogP contribution < -0.4 is 5.32 Å². The van der Waals surface area contributed by atoms with Crippen molar-refractivity contribution in [1.82, 2.24) is 10.2 Å². The maximum absolute atomic E-state index is 12.5. The molecule has 6 heteroatoms. The summed E-state index contributed by atoms with van der Waals surface area (Å²) < 4.78 is 10.3. The van der Waals surface area contributed by atoms with E-state index < -0.39 is 5.54 Å². The van der Waals surface area contributed by atoms with Crippen molar-refractivity contribution in [2.45, 2.75) is 38.3 Å². The maximum Gasteiger partial charge on any atom is 0.246 e. The van der Waals surface area contributed by atoms with Gasteiger partial charge in [0.2, 0.25) is 11.8 Å². The average Bonchev–Trinajstić information content (AvgIpc) is 3.21. The molecule has 0 radical (unpaired) electrons. The van der Waals surface area contributed by atoms with Gasteiger partial charge in [-0.2, -0.15) is 0 Å². The molecule has 0 aromatic heterocycles. The van der Waals surface area contributed by atoms with Gasteiger partial charge < -0.3 is 19.7 Å². The van der Waals surface area contributed by atoms with Crippen LogP contribution in [0.4, 0.5) is 0 Å². The molecule has 2 rings (SSSR count). The molecule has 2 fully saturated rings. The first-order valence-corrected chi connectivity index (χ1v) is 7.17. The zero-order chi connectivity index (χ0) is 14.8. The molecule has 6 nitrogen and oxygen atoms in total. The molecule has 1 aliphatic heterocycles. The molecule has 1 atom stereocenters. The Morgan fingerprint density at radius 2 is 1.95 bits per heavy atom. The molecule has 2 amide bonds. The predicted octanol–water partition coefficient (Wildman–Crippen LogP) is 0.165. The second-order valence-corrected chi connectivity index (χ2v) is 5.94. The first-order valence-electron chi connectivity index (χ1n) is 7.17. The fraction of sp³-hybridized carbons (Fsp3) is 0.857. The average molecular weight is 284 g/mol. The summed E-state index contributed by atoms with van der Waals surface area (Å²) in [6.07, 6.45) is 2.05. The van der Waals surface area contributed by atoms with Crippen molar-refractivity contribution in [3.8, 4) is 0 Å². The minimum Gasteiger partial charge on any atom is -0.382 e. The van der Waals surface area contributed by atoms with Gasteiger partial charge in [0.25, 0.3) is 0 Å². The summed E-state index contributed by atoms with van der Waals surface area (Å²) in [5.41, 5.74) is -0.812. The van der Waals surface area contributed by atoms with Crippen LogP contribution in [-0.2, 0) is 19.1 Å². The Kier molecular flexibility index (Phi) is 4.65. The number of piperazine rings is 1. The van der Waals surface area contributed by atoms with Gasteiger partial charge in [-0.25, -0.2) is 0 Å². The van der Waals surface area contributed by atoms with E-state index in [1.165, 1.54) is 0 Å². The van der Waals surface area contributed by atoms with Gasteiger partial charge in [0.1, 0.15) is 11.6 Å². The third-order valence-corrected chi connectivity index (χ3v) is 4.03. The van der Waals surface area contributed by atoms with Crippen molar-refractivity contribution >= 4 is 11.8 Å². The topological polar surface area (TPSA) is 67.9 Å². The van der Waals surface area contributed by atoms with Crippen LogP contribution in [0.1, 0.15) is 26.7 Å². The molecule has 20 heavy (non-hydrogen) atoms. The van der Waals surface area contributed by atoms with Crippen LogP contribution in [0, 0.1) is 5.92 Å². The van der Waals surface area contributed by atoms with Gasteiger partial charge in [0.15, 0.2) is 0 Å². The van der Waals surface area contributed by atoms with Crippen molar-refractivity contribution in [1.29, 1.82) is 0 Å². The van der Waals surface area contributed by atoms with Crippen LogP contribution in [0.25, 0.3) is 0 Å². The van der Waals surface area contributed by atoms with Crippen LogP contribution in [0.2, 0.25) is 0 Å². The molecule has 0 aromatic carbocycles. The van der Waals surface area contributed by atoms with E-state index in [-0.39, 0.29) is 17.9 Å². The molecular weight excluding hydrogens is 260 g/mol. The summed E-state index contributed by atoms with van der Waals surface area (Å²) in [5, 5.41) is 2.87. The largest absolute Gasteiger partial charge is 0.382 e. The van der Waals surface area contributed by atoms with Gasteiger partial charge in [0.05, 0.1) is 19.8 Å². The Morgan fingerprint density at radius 1 is 1.25 bits per heavy atom. The number of methoxy groups -OCH3 is 1. The lowest BCUT2D eigenvalue weighted by Crippen LogP contribution is -2.69. The summed E-state index contributed by atoms with van der Waals surface area (Å²) in [4.78, 5) is 26.4. The smallest absolute Gasteiger partial charge is 0.246 e. The number of nitrogens with zero attached hydrogens (tertiary/aromatic N) is 1. The number of ether oxygens (including phenoxy) is 2. The highest BCUT2D eigenvalue weighted by atomic mass is 16.5. The number of carbonyl (C=O) groups excluding carboxylic acids is 2. The third kappa shape index (κ3) is 3.12. The fourth-order valence-corrected chi connectivity index (χ4v) is 2.48. The number of carbonyl (C=O) groups is 2. The molecule has 1 heterocycles. The highest BCUT2D eigenvalue weighted by molar-refractivity contribution is 5.99. The van der Waals surface area contributed by atoms with Crippen LogP contribution in [0.15, 0.2) is 0 Å². The van der Waals surface area contributed by atoms with Gasteiger partial charge in [0, 0.05) is 13.7 Å². The van der Waals surface area contributed by atoms with Crippen LogP contribution in [0.3, 0.4) is 0 Å². The third-order valence-electron chi connectivity index (χ3n) is 4.03. The van der Waals surface area contributed by atoms with E-state index in [0.29, 0.717) is 32.3 Å². The SMILES string of the molecule is COCCOCCN1C(=O)C(C2CC2)NC(=O)C1(C)C. The highest BCUT2D eigenvalue weighted by Crippen LogP contribution is 2.36. The number of amides is 2. The van der Waals surface area contributed by atoms with Crippen molar-refractivity contribution in [3.63, 3.8) is 0 Å². The second-order valence-electron chi connectivity index (χ2n) is 5.94. The number of rotatable bonds is 7. The second kappa shape index (κ2) is 6.10. The summed E-state index contributed by atoms with van der Waals surface area (Å²) in [5.74, 6) is 0.262. The van der Waals surface area contributed by atoms with Gasteiger partial charge in [-0.1, -0.05) is 0 Å². The maximum atomic E-state index is 12.5. The number of hydrogen-bond donors (Lipinski definition) is 1. The van der Waals surface area contributed by atoms with E-state index in [0.717, 1.165) is 12.8 Å². The molecule has 0 bridgehead atoms. The van der Waals surface area contributed by atoms with E-state index in [1.807, 2.05) is 0 Å². The van der Waals surface area contributed by atoms with Gasteiger partial charge in [-0.05, 0) is 32.6 Å². The molecule has 1 saturated carbocycles.